The monoisotopic (exact) mass is 288 g/mol. The van der Waals surface area contributed by atoms with Gasteiger partial charge in [0, 0.05) is 11.8 Å². The van der Waals surface area contributed by atoms with Crippen molar-refractivity contribution in [2.75, 3.05) is 14.2 Å². The van der Waals surface area contributed by atoms with E-state index in [4.69, 9.17) is 9.47 Å². The molecule has 0 spiro atoms. The summed E-state index contributed by atoms with van der Waals surface area (Å²) in [4.78, 5) is 24.2. The van der Waals surface area contributed by atoms with Crippen molar-refractivity contribution in [3.63, 3.8) is 0 Å². The minimum absolute atomic E-state index is 0.0929. The summed E-state index contributed by atoms with van der Waals surface area (Å²) in [7, 11) is 2.71. The number of hydrogen-bond donors (Lipinski definition) is 0. The lowest BCUT2D eigenvalue weighted by Gasteiger charge is -2.20. The Kier molecular flexibility index (Phi) is 3.70. The fourth-order valence-electron chi connectivity index (χ4n) is 3.86. The first-order valence-corrected chi connectivity index (χ1v) is 7.49. The molecule has 0 aromatic carbocycles. The van der Waals surface area contributed by atoms with Crippen LogP contribution in [0.4, 0.5) is 0 Å². The second kappa shape index (κ2) is 5.51. The van der Waals surface area contributed by atoms with Crippen LogP contribution < -0.4 is 0 Å². The highest BCUT2D eigenvalue weighted by Crippen LogP contribution is 2.51. The fourth-order valence-corrected chi connectivity index (χ4v) is 3.86. The molecule has 2 bridgehead atoms. The Morgan fingerprint density at radius 2 is 1.38 bits per heavy atom. The molecule has 0 N–H and O–H groups in total. The Hall–Kier alpha value is -1.84. The average molecular weight is 288 g/mol. The van der Waals surface area contributed by atoms with E-state index in [1.54, 1.807) is 0 Å². The number of hydrogen-bond acceptors (Lipinski definition) is 4. The topological polar surface area (TPSA) is 52.6 Å². The summed E-state index contributed by atoms with van der Waals surface area (Å²) in [5, 5.41) is 0. The number of methoxy groups -OCH3 is 2. The number of carbonyl (C=O) groups excluding carboxylic acids is 2. The lowest BCUT2D eigenvalue weighted by atomic mass is 9.85. The highest BCUT2D eigenvalue weighted by Gasteiger charge is 2.47. The van der Waals surface area contributed by atoms with Crippen molar-refractivity contribution in [2.24, 2.45) is 11.8 Å². The van der Waals surface area contributed by atoms with E-state index in [0.717, 1.165) is 12.8 Å². The molecule has 4 nitrogen and oxygen atoms in total. The highest BCUT2D eigenvalue weighted by atomic mass is 16.5. The predicted molar refractivity (Wildman–Crippen MR) is 77.3 cm³/mol. The molecule has 1 saturated carbocycles. The molecule has 0 aromatic heterocycles. The largest absolute Gasteiger partial charge is 0.466 e. The summed E-state index contributed by atoms with van der Waals surface area (Å²) in [5.41, 5.74) is 3.60. The van der Waals surface area contributed by atoms with Crippen LogP contribution >= 0.6 is 0 Å². The minimum Gasteiger partial charge on any atom is -0.466 e. The molecule has 1 fully saturated rings. The molecule has 2 unspecified atom stereocenters. The van der Waals surface area contributed by atoms with Crippen molar-refractivity contribution >= 4 is 11.9 Å². The molecule has 0 saturated heterocycles. The minimum atomic E-state index is -0.416. The van der Waals surface area contributed by atoms with Crippen LogP contribution in [0.5, 0.6) is 0 Å². The molecular formula is C17H20O4. The highest BCUT2D eigenvalue weighted by molar-refractivity contribution is 6.05. The van der Waals surface area contributed by atoms with Crippen LogP contribution in [0.1, 0.15) is 32.1 Å². The summed E-state index contributed by atoms with van der Waals surface area (Å²) in [6.45, 7) is 0. The van der Waals surface area contributed by atoms with Crippen LogP contribution in [0.3, 0.4) is 0 Å². The Morgan fingerprint density at radius 3 is 1.81 bits per heavy atom. The maximum atomic E-state index is 12.1. The number of rotatable bonds is 2. The van der Waals surface area contributed by atoms with E-state index in [9.17, 15) is 9.59 Å². The van der Waals surface area contributed by atoms with Gasteiger partial charge in [-0.05, 0) is 31.3 Å². The van der Waals surface area contributed by atoms with Gasteiger partial charge < -0.3 is 9.47 Å². The first-order chi connectivity index (χ1) is 10.2. The van der Waals surface area contributed by atoms with Gasteiger partial charge in [0.1, 0.15) is 0 Å². The van der Waals surface area contributed by atoms with Crippen LogP contribution in [0.15, 0.2) is 34.4 Å². The molecule has 21 heavy (non-hydrogen) atoms. The second-order valence-electron chi connectivity index (χ2n) is 5.77. The van der Waals surface area contributed by atoms with Crippen molar-refractivity contribution in [1.82, 2.24) is 0 Å². The summed E-state index contributed by atoms with van der Waals surface area (Å²) in [6, 6.07) is 0. The Bertz CT molecular complexity index is 534. The Morgan fingerprint density at radius 1 is 0.905 bits per heavy atom. The van der Waals surface area contributed by atoms with E-state index in [1.165, 1.54) is 44.6 Å². The molecule has 0 aromatic rings. The molecule has 3 aliphatic carbocycles. The van der Waals surface area contributed by atoms with Gasteiger partial charge in [-0.3, -0.25) is 0 Å². The third-order valence-electron chi connectivity index (χ3n) is 4.75. The van der Waals surface area contributed by atoms with Gasteiger partial charge in [-0.25, -0.2) is 9.59 Å². The van der Waals surface area contributed by atoms with Gasteiger partial charge >= 0.3 is 11.9 Å². The van der Waals surface area contributed by atoms with E-state index < -0.39 is 11.9 Å². The van der Waals surface area contributed by atoms with E-state index >= 15 is 0 Å². The second-order valence-corrected chi connectivity index (χ2v) is 5.77. The zero-order chi connectivity index (χ0) is 15.0. The molecule has 3 aliphatic rings. The molecule has 2 atom stereocenters. The normalized spacial score (nSPS) is 27.3. The maximum absolute atomic E-state index is 12.1. The van der Waals surface area contributed by atoms with Crippen LogP contribution in [-0.2, 0) is 19.1 Å². The molecular weight excluding hydrogens is 268 g/mol. The van der Waals surface area contributed by atoms with Crippen molar-refractivity contribution in [1.29, 1.82) is 0 Å². The molecule has 0 aliphatic heterocycles. The van der Waals surface area contributed by atoms with Crippen molar-refractivity contribution in [3.05, 3.63) is 34.4 Å². The summed E-state index contributed by atoms with van der Waals surface area (Å²) < 4.78 is 9.77. The molecule has 3 rings (SSSR count). The van der Waals surface area contributed by atoms with Gasteiger partial charge in [-0.1, -0.05) is 24.1 Å². The van der Waals surface area contributed by atoms with Crippen LogP contribution in [0.2, 0.25) is 0 Å². The van der Waals surface area contributed by atoms with Gasteiger partial charge in [0.05, 0.1) is 25.4 Å². The zero-order valence-corrected chi connectivity index (χ0v) is 12.5. The lowest BCUT2D eigenvalue weighted by molar-refractivity contribution is -0.139. The number of fused-ring (bicyclic) bond motifs is 2. The number of ether oxygens (including phenoxy) is 2. The van der Waals surface area contributed by atoms with Gasteiger partial charge in [-0.2, -0.15) is 0 Å². The lowest BCUT2D eigenvalue weighted by Crippen LogP contribution is -2.17. The number of allylic oxidation sites excluding steroid dienone is 4. The molecule has 0 amide bonds. The van der Waals surface area contributed by atoms with Crippen molar-refractivity contribution < 1.29 is 19.1 Å². The van der Waals surface area contributed by atoms with Crippen LogP contribution in [0.25, 0.3) is 0 Å². The van der Waals surface area contributed by atoms with E-state index in [2.05, 4.69) is 0 Å². The molecule has 0 radical (unpaired) electrons. The van der Waals surface area contributed by atoms with E-state index in [1.807, 2.05) is 12.2 Å². The first kappa shape index (κ1) is 14.1. The third-order valence-corrected chi connectivity index (χ3v) is 4.75. The first-order valence-electron chi connectivity index (χ1n) is 7.49. The molecule has 4 heteroatoms. The fraction of sp³-hybridized carbons (Fsp3) is 0.529. The van der Waals surface area contributed by atoms with Gasteiger partial charge in [0.25, 0.3) is 0 Å². The maximum Gasteiger partial charge on any atom is 0.335 e. The molecule has 0 heterocycles. The van der Waals surface area contributed by atoms with Gasteiger partial charge in [-0.15, -0.1) is 0 Å². The van der Waals surface area contributed by atoms with Crippen molar-refractivity contribution in [3.8, 4) is 0 Å². The third kappa shape index (κ3) is 2.13. The zero-order valence-electron chi connectivity index (χ0n) is 12.5. The quantitative estimate of drug-likeness (QED) is 0.579. The number of carbonyl (C=O) groups is 2. The van der Waals surface area contributed by atoms with E-state index in [0.29, 0.717) is 11.1 Å². The standard InChI is InChI=1S/C17H20O4/c1-20-16(18)14-11-8-9-12(15(14)17(19)21-2)13(11)10-6-4-3-5-7-10/h8-9,11-12H,3-7H2,1-2H3. The average Bonchev–Trinajstić information content (AvgIpc) is 3.10. The summed E-state index contributed by atoms with van der Waals surface area (Å²) >= 11 is 0. The van der Waals surface area contributed by atoms with Crippen LogP contribution in [0, 0.1) is 11.8 Å². The van der Waals surface area contributed by atoms with Crippen LogP contribution in [-0.4, -0.2) is 26.2 Å². The van der Waals surface area contributed by atoms with E-state index in [-0.39, 0.29) is 11.8 Å². The smallest absolute Gasteiger partial charge is 0.335 e. The predicted octanol–water partition coefficient (Wildman–Crippen LogP) is 2.71. The Balaban J connectivity index is 2.06. The SMILES string of the molecule is COC(=O)C1=C(C(=O)OC)C2C=CC1C2=C1CCCCC1. The van der Waals surface area contributed by atoms with Gasteiger partial charge in [0.15, 0.2) is 0 Å². The summed E-state index contributed by atoms with van der Waals surface area (Å²) in [6.07, 6.45) is 9.86. The van der Waals surface area contributed by atoms with Gasteiger partial charge in [0.2, 0.25) is 0 Å². The number of esters is 2. The Labute approximate surface area is 124 Å². The molecule has 112 valence electrons. The summed E-state index contributed by atoms with van der Waals surface area (Å²) in [5.74, 6) is -1.02. The van der Waals surface area contributed by atoms with Crippen molar-refractivity contribution in [2.45, 2.75) is 32.1 Å².